The van der Waals surface area contributed by atoms with E-state index >= 15 is 0 Å². The fraction of sp³-hybridized carbons (Fsp3) is 0.800. The maximum atomic E-state index is 12.9. The van der Waals surface area contributed by atoms with E-state index < -0.39 is 5.97 Å². The lowest BCUT2D eigenvalue weighted by Gasteiger charge is -2.55. The highest BCUT2D eigenvalue weighted by Crippen LogP contribution is 2.59. The van der Waals surface area contributed by atoms with Crippen LogP contribution in [-0.4, -0.2) is 16.9 Å². The molecule has 0 radical (unpaired) electrons. The summed E-state index contributed by atoms with van der Waals surface area (Å²) in [6.07, 6.45) is 7.59. The van der Waals surface area contributed by atoms with Crippen LogP contribution < -0.4 is 0 Å². The van der Waals surface area contributed by atoms with Gasteiger partial charge in [0.25, 0.3) is 0 Å². The molecule has 0 aromatic rings. The lowest BCUT2D eigenvalue weighted by molar-refractivity contribution is -0.150. The summed E-state index contributed by atoms with van der Waals surface area (Å²) in [6, 6.07) is 0. The number of ketones is 1. The predicted octanol–water partition coefficient (Wildman–Crippen LogP) is 4.86. The van der Waals surface area contributed by atoms with Crippen LogP contribution in [0.3, 0.4) is 0 Å². The molecular formula is C20H32O3. The third kappa shape index (κ3) is 3.39. The van der Waals surface area contributed by atoms with Gasteiger partial charge in [0.2, 0.25) is 0 Å². The Bertz CT molecular complexity index is 507. The molecule has 4 atom stereocenters. The summed E-state index contributed by atoms with van der Waals surface area (Å²) in [5.41, 5.74) is -0.305. The third-order valence-electron chi connectivity index (χ3n) is 6.91. The molecule has 130 valence electrons. The van der Waals surface area contributed by atoms with Crippen molar-refractivity contribution in [2.45, 2.75) is 72.6 Å². The molecule has 1 N–H and O–H groups in total. The van der Waals surface area contributed by atoms with Crippen molar-refractivity contribution < 1.29 is 14.7 Å². The lowest BCUT2D eigenvalue weighted by Crippen LogP contribution is -2.51. The first-order valence-corrected chi connectivity index (χ1v) is 8.92. The molecule has 0 aliphatic heterocycles. The fourth-order valence-corrected chi connectivity index (χ4v) is 5.38. The van der Waals surface area contributed by atoms with E-state index in [0.717, 1.165) is 32.1 Å². The standard InChI is InChI=1S/C20H32O3/c1-6-19(4)11-8-14(15(21)13-19)20(5)10-7-9-18(2,3)16(20)12-17(22)23/h6,14,16H,1,7-13H2,2-5H3,(H,22,23)/t14-,16-,19-,20+/m0/s1. The summed E-state index contributed by atoms with van der Waals surface area (Å²) >= 11 is 0. The Hall–Kier alpha value is -1.12. The smallest absolute Gasteiger partial charge is 0.303 e. The molecule has 0 bridgehead atoms. The van der Waals surface area contributed by atoms with Crippen LogP contribution in [0.5, 0.6) is 0 Å². The molecule has 0 unspecified atom stereocenters. The van der Waals surface area contributed by atoms with E-state index in [0.29, 0.717) is 12.2 Å². The second-order valence-electron chi connectivity index (χ2n) is 9.09. The molecule has 23 heavy (non-hydrogen) atoms. The molecule has 3 nitrogen and oxygen atoms in total. The van der Waals surface area contributed by atoms with Gasteiger partial charge in [0.15, 0.2) is 0 Å². The highest BCUT2D eigenvalue weighted by Gasteiger charge is 2.54. The average molecular weight is 320 g/mol. The normalized spacial score (nSPS) is 40.6. The number of hydrogen-bond donors (Lipinski definition) is 1. The summed E-state index contributed by atoms with van der Waals surface area (Å²) < 4.78 is 0. The second kappa shape index (κ2) is 6.07. The zero-order valence-electron chi connectivity index (χ0n) is 15.2. The van der Waals surface area contributed by atoms with Crippen molar-refractivity contribution >= 4 is 11.8 Å². The van der Waals surface area contributed by atoms with Gasteiger partial charge in [-0.2, -0.15) is 0 Å². The SMILES string of the molecule is C=C[C@@]1(C)CC[C@H]([C@@]2(C)CCCC(C)(C)[C@@H]2CC(=O)O)C(=O)C1. The summed E-state index contributed by atoms with van der Waals surface area (Å²) in [6.45, 7) is 12.5. The average Bonchev–Trinajstić information content (AvgIpc) is 2.42. The number of Topliss-reactive ketones (excluding diaryl/α,β-unsaturated/α-hetero) is 1. The lowest BCUT2D eigenvalue weighted by atomic mass is 9.48. The first-order chi connectivity index (χ1) is 10.5. The fourth-order valence-electron chi connectivity index (χ4n) is 5.38. The highest BCUT2D eigenvalue weighted by molar-refractivity contribution is 5.83. The van der Waals surface area contributed by atoms with E-state index in [2.05, 4.69) is 34.3 Å². The molecule has 0 saturated heterocycles. The third-order valence-corrected chi connectivity index (χ3v) is 6.91. The molecule has 0 aromatic heterocycles. The largest absolute Gasteiger partial charge is 0.481 e. The van der Waals surface area contributed by atoms with Gasteiger partial charge in [-0.1, -0.05) is 40.2 Å². The number of rotatable bonds is 4. The summed E-state index contributed by atoms with van der Waals surface area (Å²) in [5, 5.41) is 9.42. The van der Waals surface area contributed by atoms with Crippen LogP contribution in [0, 0.1) is 28.1 Å². The molecule has 2 fully saturated rings. The summed E-state index contributed by atoms with van der Waals surface area (Å²) in [7, 11) is 0. The Balaban J connectivity index is 2.32. The summed E-state index contributed by atoms with van der Waals surface area (Å²) in [4.78, 5) is 24.4. The first kappa shape index (κ1) is 18.2. The van der Waals surface area contributed by atoms with Gasteiger partial charge in [0.05, 0.1) is 0 Å². The van der Waals surface area contributed by atoms with Crippen LogP contribution >= 0.6 is 0 Å². The maximum Gasteiger partial charge on any atom is 0.303 e. The van der Waals surface area contributed by atoms with Crippen molar-refractivity contribution in [1.82, 2.24) is 0 Å². The number of carbonyl (C=O) groups is 2. The van der Waals surface area contributed by atoms with Gasteiger partial charge >= 0.3 is 5.97 Å². The van der Waals surface area contributed by atoms with Gasteiger partial charge in [-0.15, -0.1) is 6.58 Å². The van der Waals surface area contributed by atoms with Crippen LogP contribution in [0.4, 0.5) is 0 Å². The zero-order chi connectivity index (χ0) is 17.5. The monoisotopic (exact) mass is 320 g/mol. The van der Waals surface area contributed by atoms with Crippen LogP contribution in [0.2, 0.25) is 0 Å². The van der Waals surface area contributed by atoms with Crippen molar-refractivity contribution in [2.24, 2.45) is 28.1 Å². The van der Waals surface area contributed by atoms with Crippen molar-refractivity contribution in [3.63, 3.8) is 0 Å². The van der Waals surface area contributed by atoms with E-state index in [1.54, 1.807) is 0 Å². The molecule has 0 spiro atoms. The van der Waals surface area contributed by atoms with Crippen LogP contribution in [0.1, 0.15) is 72.6 Å². The predicted molar refractivity (Wildman–Crippen MR) is 92.1 cm³/mol. The van der Waals surface area contributed by atoms with Crippen molar-refractivity contribution in [3.8, 4) is 0 Å². The van der Waals surface area contributed by atoms with Crippen molar-refractivity contribution in [1.29, 1.82) is 0 Å². The Kier molecular flexibility index (Phi) is 4.81. The molecule has 0 aromatic carbocycles. The second-order valence-corrected chi connectivity index (χ2v) is 9.09. The number of allylic oxidation sites excluding steroid dienone is 1. The Morgan fingerprint density at radius 2 is 1.91 bits per heavy atom. The molecule has 0 amide bonds. The Morgan fingerprint density at radius 3 is 2.43 bits per heavy atom. The zero-order valence-corrected chi connectivity index (χ0v) is 15.2. The highest BCUT2D eigenvalue weighted by atomic mass is 16.4. The summed E-state index contributed by atoms with van der Waals surface area (Å²) in [5.74, 6) is -0.368. The first-order valence-electron chi connectivity index (χ1n) is 8.92. The number of carboxylic acid groups (broad SMARTS) is 1. The number of carboxylic acids is 1. The molecule has 2 aliphatic rings. The number of aliphatic carboxylic acids is 1. The molecule has 2 saturated carbocycles. The van der Waals surface area contributed by atoms with Crippen molar-refractivity contribution in [2.75, 3.05) is 0 Å². The number of hydrogen-bond acceptors (Lipinski definition) is 2. The van der Waals surface area contributed by atoms with E-state index in [1.807, 2.05) is 6.08 Å². The van der Waals surface area contributed by atoms with E-state index in [4.69, 9.17) is 0 Å². The molecule has 2 aliphatic carbocycles. The Labute approximate surface area is 140 Å². The quantitative estimate of drug-likeness (QED) is 0.753. The van der Waals surface area contributed by atoms with Gasteiger partial charge in [0, 0.05) is 18.8 Å². The van der Waals surface area contributed by atoms with E-state index in [1.165, 1.54) is 0 Å². The molecule has 0 heterocycles. The molecule has 2 rings (SSSR count). The molecule has 3 heteroatoms. The van der Waals surface area contributed by atoms with Crippen LogP contribution in [0.25, 0.3) is 0 Å². The minimum atomic E-state index is -0.740. The maximum absolute atomic E-state index is 12.9. The van der Waals surface area contributed by atoms with Gasteiger partial charge < -0.3 is 5.11 Å². The van der Waals surface area contributed by atoms with Crippen LogP contribution in [0.15, 0.2) is 12.7 Å². The Morgan fingerprint density at radius 1 is 1.26 bits per heavy atom. The van der Waals surface area contributed by atoms with Gasteiger partial charge in [0.1, 0.15) is 5.78 Å². The van der Waals surface area contributed by atoms with Gasteiger partial charge in [-0.05, 0) is 47.8 Å². The van der Waals surface area contributed by atoms with Crippen molar-refractivity contribution in [3.05, 3.63) is 12.7 Å². The number of carbonyl (C=O) groups excluding carboxylic acids is 1. The minimum Gasteiger partial charge on any atom is -0.481 e. The molecular weight excluding hydrogens is 288 g/mol. The van der Waals surface area contributed by atoms with Crippen LogP contribution in [-0.2, 0) is 9.59 Å². The van der Waals surface area contributed by atoms with Gasteiger partial charge in [-0.3, -0.25) is 9.59 Å². The topological polar surface area (TPSA) is 54.4 Å². The minimum absolute atomic E-state index is 0.000509. The van der Waals surface area contributed by atoms with E-state index in [-0.39, 0.29) is 34.5 Å². The van der Waals surface area contributed by atoms with E-state index in [9.17, 15) is 14.7 Å². The van der Waals surface area contributed by atoms with Gasteiger partial charge in [-0.25, -0.2) is 0 Å².